The van der Waals surface area contributed by atoms with Gasteiger partial charge < -0.3 is 11.1 Å². The Morgan fingerprint density at radius 3 is 2.95 bits per heavy atom. The average molecular weight is 326 g/mol. The lowest BCUT2D eigenvalue weighted by atomic mass is 9.89. The van der Waals surface area contributed by atoms with Crippen molar-refractivity contribution in [3.63, 3.8) is 0 Å². The van der Waals surface area contributed by atoms with Gasteiger partial charge in [0.25, 0.3) is 0 Å². The van der Waals surface area contributed by atoms with Crippen LogP contribution >= 0.6 is 15.9 Å². The van der Waals surface area contributed by atoms with Crippen LogP contribution in [0, 0.1) is 5.41 Å². The summed E-state index contributed by atoms with van der Waals surface area (Å²) in [7, 11) is 1.70. The van der Waals surface area contributed by atoms with Gasteiger partial charge in [0, 0.05) is 30.3 Å². The molecule has 0 aromatic heterocycles. The fraction of sp³-hybridized carbons (Fsp3) is 0.500. The van der Waals surface area contributed by atoms with Crippen LogP contribution in [-0.2, 0) is 11.3 Å². The van der Waals surface area contributed by atoms with Crippen LogP contribution in [0.4, 0.5) is 5.69 Å². The van der Waals surface area contributed by atoms with Gasteiger partial charge in [-0.25, -0.2) is 0 Å². The Hall–Kier alpha value is -1.07. The highest BCUT2D eigenvalue weighted by atomic mass is 79.9. The quantitative estimate of drug-likeness (QED) is 0.835. The normalized spacial score (nSPS) is 23.5. The van der Waals surface area contributed by atoms with Gasteiger partial charge >= 0.3 is 0 Å². The summed E-state index contributed by atoms with van der Waals surface area (Å²) >= 11 is 3.54. The average Bonchev–Trinajstić information content (AvgIpc) is 2.75. The molecule has 104 valence electrons. The second kappa shape index (κ2) is 5.51. The monoisotopic (exact) mass is 325 g/mol. The first-order chi connectivity index (χ1) is 8.94. The first-order valence-electron chi connectivity index (χ1n) is 6.43. The van der Waals surface area contributed by atoms with E-state index in [2.05, 4.69) is 26.1 Å². The number of carbonyl (C=O) groups is 1. The van der Waals surface area contributed by atoms with Crippen molar-refractivity contribution in [2.75, 3.05) is 25.9 Å². The summed E-state index contributed by atoms with van der Waals surface area (Å²) in [6.45, 7) is 4.61. The minimum atomic E-state index is -0.269. The Morgan fingerprint density at radius 2 is 2.32 bits per heavy atom. The summed E-state index contributed by atoms with van der Waals surface area (Å²) in [5.41, 5.74) is 7.43. The maximum absolute atomic E-state index is 11.9. The Bertz CT molecular complexity index is 492. The van der Waals surface area contributed by atoms with Crippen LogP contribution in [0.3, 0.4) is 0 Å². The molecule has 2 rings (SSSR count). The van der Waals surface area contributed by atoms with E-state index in [-0.39, 0.29) is 11.3 Å². The van der Waals surface area contributed by atoms with E-state index in [4.69, 9.17) is 5.73 Å². The number of benzene rings is 1. The lowest BCUT2D eigenvalue weighted by Crippen LogP contribution is -2.39. The molecule has 0 radical (unpaired) electrons. The number of hydrogen-bond acceptors (Lipinski definition) is 3. The van der Waals surface area contributed by atoms with Crippen LogP contribution in [0.5, 0.6) is 0 Å². The van der Waals surface area contributed by atoms with Gasteiger partial charge in [0.15, 0.2) is 0 Å². The van der Waals surface area contributed by atoms with Crippen molar-refractivity contribution in [2.24, 2.45) is 5.41 Å². The van der Waals surface area contributed by atoms with Gasteiger partial charge in [-0.05, 0) is 37.6 Å². The van der Waals surface area contributed by atoms with Crippen LogP contribution in [0.1, 0.15) is 18.9 Å². The van der Waals surface area contributed by atoms with Crippen LogP contribution in [0.2, 0.25) is 0 Å². The molecule has 1 unspecified atom stereocenters. The summed E-state index contributed by atoms with van der Waals surface area (Å²) in [5, 5.41) is 2.76. The van der Waals surface area contributed by atoms with Gasteiger partial charge in [0.05, 0.1) is 5.41 Å². The zero-order chi connectivity index (χ0) is 14.0. The highest BCUT2D eigenvalue weighted by Gasteiger charge is 2.39. The number of nitrogens with two attached hydrogens (primary N) is 1. The van der Waals surface area contributed by atoms with Gasteiger partial charge in [-0.3, -0.25) is 9.69 Å². The third-order valence-corrected chi connectivity index (χ3v) is 4.54. The van der Waals surface area contributed by atoms with Crippen LogP contribution in [0.25, 0.3) is 0 Å². The summed E-state index contributed by atoms with van der Waals surface area (Å²) in [5.74, 6) is 0.131. The molecule has 0 saturated carbocycles. The molecular weight excluding hydrogens is 306 g/mol. The lowest BCUT2D eigenvalue weighted by Gasteiger charge is -2.23. The molecule has 1 fully saturated rings. The van der Waals surface area contributed by atoms with Crippen molar-refractivity contribution in [3.8, 4) is 0 Å². The minimum Gasteiger partial charge on any atom is -0.399 e. The van der Waals surface area contributed by atoms with E-state index in [9.17, 15) is 4.79 Å². The third kappa shape index (κ3) is 3.09. The fourth-order valence-electron chi connectivity index (χ4n) is 2.61. The Morgan fingerprint density at radius 1 is 1.58 bits per heavy atom. The van der Waals surface area contributed by atoms with Crippen LogP contribution < -0.4 is 11.1 Å². The van der Waals surface area contributed by atoms with Gasteiger partial charge in [-0.2, -0.15) is 0 Å². The van der Waals surface area contributed by atoms with Crippen molar-refractivity contribution in [1.82, 2.24) is 10.2 Å². The summed E-state index contributed by atoms with van der Waals surface area (Å²) in [4.78, 5) is 14.2. The molecule has 1 aromatic rings. The maximum Gasteiger partial charge on any atom is 0.227 e. The first kappa shape index (κ1) is 14.3. The Labute approximate surface area is 122 Å². The number of carbonyl (C=O) groups excluding carboxylic acids is 1. The molecule has 0 spiro atoms. The zero-order valence-electron chi connectivity index (χ0n) is 11.4. The fourth-order valence-corrected chi connectivity index (χ4v) is 3.13. The van der Waals surface area contributed by atoms with Crippen molar-refractivity contribution in [2.45, 2.75) is 19.9 Å². The smallest absolute Gasteiger partial charge is 0.227 e. The minimum absolute atomic E-state index is 0.131. The molecule has 4 nitrogen and oxygen atoms in total. The molecule has 5 heteroatoms. The molecule has 1 aliphatic heterocycles. The number of nitrogens with zero attached hydrogens (tertiary/aromatic N) is 1. The van der Waals surface area contributed by atoms with E-state index in [1.165, 1.54) is 5.56 Å². The number of likely N-dealkylation sites (tertiary alicyclic amines) is 1. The largest absolute Gasteiger partial charge is 0.399 e. The van der Waals surface area contributed by atoms with Gasteiger partial charge in [0.1, 0.15) is 0 Å². The number of halogens is 1. The summed E-state index contributed by atoms with van der Waals surface area (Å²) in [6, 6.07) is 5.87. The number of rotatable bonds is 3. The van der Waals surface area contributed by atoms with Crippen LogP contribution in [0.15, 0.2) is 22.7 Å². The van der Waals surface area contributed by atoms with Crippen molar-refractivity contribution < 1.29 is 4.79 Å². The van der Waals surface area contributed by atoms with E-state index in [1.54, 1.807) is 7.05 Å². The Kier molecular flexibility index (Phi) is 4.16. The van der Waals surface area contributed by atoms with Crippen molar-refractivity contribution in [3.05, 3.63) is 28.2 Å². The van der Waals surface area contributed by atoms with Gasteiger partial charge in [-0.1, -0.05) is 22.0 Å². The summed E-state index contributed by atoms with van der Waals surface area (Å²) < 4.78 is 1.03. The number of nitrogens with one attached hydrogen (secondary N) is 1. The SMILES string of the molecule is CNC(=O)C1(C)CCN(Cc2ccc(N)cc2Br)C1. The van der Waals surface area contributed by atoms with Crippen molar-refractivity contribution in [1.29, 1.82) is 0 Å². The molecule has 0 aliphatic carbocycles. The van der Waals surface area contributed by atoms with E-state index >= 15 is 0 Å². The molecule has 0 bridgehead atoms. The molecule has 1 aliphatic rings. The van der Waals surface area contributed by atoms with Crippen LogP contribution in [-0.4, -0.2) is 30.9 Å². The molecule has 1 atom stereocenters. The molecule has 19 heavy (non-hydrogen) atoms. The van der Waals surface area contributed by atoms with E-state index in [0.717, 1.165) is 36.2 Å². The number of nitrogen functional groups attached to an aromatic ring is 1. The zero-order valence-corrected chi connectivity index (χ0v) is 13.0. The molecule has 1 amide bonds. The van der Waals surface area contributed by atoms with E-state index < -0.39 is 0 Å². The van der Waals surface area contributed by atoms with Gasteiger partial charge in [0.2, 0.25) is 5.91 Å². The molecular formula is C14H20BrN3O. The lowest BCUT2D eigenvalue weighted by molar-refractivity contribution is -0.129. The molecule has 3 N–H and O–H groups in total. The molecule has 1 heterocycles. The first-order valence-corrected chi connectivity index (χ1v) is 7.22. The van der Waals surface area contributed by atoms with E-state index in [0.29, 0.717) is 0 Å². The molecule has 1 saturated heterocycles. The summed E-state index contributed by atoms with van der Waals surface area (Å²) in [6.07, 6.45) is 0.902. The second-order valence-corrected chi connectivity index (χ2v) is 6.31. The topological polar surface area (TPSA) is 58.4 Å². The maximum atomic E-state index is 11.9. The highest BCUT2D eigenvalue weighted by Crippen LogP contribution is 2.32. The number of amides is 1. The predicted molar refractivity (Wildman–Crippen MR) is 80.6 cm³/mol. The second-order valence-electron chi connectivity index (χ2n) is 5.45. The molecule has 1 aromatic carbocycles. The number of hydrogen-bond donors (Lipinski definition) is 2. The predicted octanol–water partition coefficient (Wildman–Crippen LogP) is 1.99. The Balaban J connectivity index is 2.04. The standard InChI is InChI=1S/C14H20BrN3O/c1-14(13(19)17-2)5-6-18(9-14)8-10-3-4-11(16)7-12(10)15/h3-4,7H,5-6,8-9,16H2,1-2H3,(H,17,19). The van der Waals surface area contributed by atoms with Crippen molar-refractivity contribution >= 4 is 27.5 Å². The third-order valence-electron chi connectivity index (χ3n) is 3.80. The van der Waals surface area contributed by atoms with E-state index in [1.807, 2.05) is 25.1 Å². The highest BCUT2D eigenvalue weighted by molar-refractivity contribution is 9.10. The van der Waals surface area contributed by atoms with Gasteiger partial charge in [-0.15, -0.1) is 0 Å². The number of anilines is 1.